The smallest absolute Gasteiger partial charge is 0.340 e. The van der Waals surface area contributed by atoms with Gasteiger partial charge < -0.3 is 23.8 Å². The number of rotatable bonds is 9. The summed E-state index contributed by atoms with van der Waals surface area (Å²) in [4.78, 5) is 29.1. The standard InChI is InChI=1S/C32H33NO6/c1-6-38-30(34)27-21-28(31(35)39-7-2)32(23-11-9-8-10-12-23,24-15-19-26(37-5)20-16-24)33(3)29(27)22-13-17-25(36-4)18-14-22/h8-21H,6-7H2,1-5H3/t32-/m1/s1. The fourth-order valence-corrected chi connectivity index (χ4v) is 5.10. The Balaban J connectivity index is 2.12. The zero-order valence-electron chi connectivity index (χ0n) is 22.9. The van der Waals surface area contributed by atoms with Crippen molar-refractivity contribution in [2.75, 3.05) is 34.5 Å². The summed E-state index contributed by atoms with van der Waals surface area (Å²) in [6.45, 7) is 3.87. The molecule has 4 rings (SSSR count). The number of nitrogens with zero attached hydrogens (tertiary/aromatic N) is 1. The maximum atomic E-state index is 13.7. The molecule has 1 aliphatic heterocycles. The topological polar surface area (TPSA) is 74.3 Å². The van der Waals surface area contributed by atoms with Crippen molar-refractivity contribution in [3.05, 3.63) is 113 Å². The van der Waals surface area contributed by atoms with Crippen LogP contribution in [0.1, 0.15) is 30.5 Å². The molecular weight excluding hydrogens is 494 g/mol. The maximum Gasteiger partial charge on any atom is 0.340 e. The predicted molar refractivity (Wildman–Crippen MR) is 149 cm³/mol. The van der Waals surface area contributed by atoms with E-state index in [-0.39, 0.29) is 18.8 Å². The third kappa shape index (κ3) is 5.00. The summed E-state index contributed by atoms with van der Waals surface area (Å²) < 4.78 is 21.8. The van der Waals surface area contributed by atoms with Crippen LogP contribution in [0.5, 0.6) is 11.5 Å². The van der Waals surface area contributed by atoms with Crippen LogP contribution in [0.2, 0.25) is 0 Å². The third-order valence-electron chi connectivity index (χ3n) is 6.83. The molecule has 0 amide bonds. The molecule has 0 spiro atoms. The predicted octanol–water partition coefficient (Wildman–Crippen LogP) is 5.36. The van der Waals surface area contributed by atoms with E-state index in [2.05, 4.69) is 0 Å². The molecule has 0 bridgehead atoms. The van der Waals surface area contributed by atoms with Crippen LogP contribution in [0.15, 0.2) is 96.1 Å². The van der Waals surface area contributed by atoms with Crippen LogP contribution in [0.4, 0.5) is 0 Å². The summed E-state index contributed by atoms with van der Waals surface area (Å²) in [6.07, 6.45) is 1.62. The highest BCUT2D eigenvalue weighted by atomic mass is 16.5. The van der Waals surface area contributed by atoms with E-state index < -0.39 is 17.5 Å². The maximum absolute atomic E-state index is 13.7. The summed E-state index contributed by atoms with van der Waals surface area (Å²) in [7, 11) is 5.08. The average Bonchev–Trinajstić information content (AvgIpc) is 2.97. The van der Waals surface area contributed by atoms with Crippen molar-refractivity contribution in [3.63, 3.8) is 0 Å². The van der Waals surface area contributed by atoms with Gasteiger partial charge in [0.05, 0.1) is 44.3 Å². The molecule has 202 valence electrons. The Kier molecular flexibility index (Phi) is 8.39. The molecule has 0 aromatic heterocycles. The SMILES string of the molecule is CCOC(=O)C1=CC(C(=O)OCC)=C(c2ccc(OC)cc2)N(C)[C@]1(c1ccccc1)c1ccc(OC)cc1. The van der Waals surface area contributed by atoms with Crippen LogP contribution < -0.4 is 9.47 Å². The van der Waals surface area contributed by atoms with Crippen molar-refractivity contribution >= 4 is 17.6 Å². The van der Waals surface area contributed by atoms with E-state index >= 15 is 0 Å². The molecule has 0 aliphatic carbocycles. The Morgan fingerprint density at radius 3 is 1.77 bits per heavy atom. The molecule has 0 saturated carbocycles. The molecule has 39 heavy (non-hydrogen) atoms. The van der Waals surface area contributed by atoms with Crippen molar-refractivity contribution in [2.45, 2.75) is 19.4 Å². The Morgan fingerprint density at radius 1 is 0.718 bits per heavy atom. The van der Waals surface area contributed by atoms with E-state index in [1.807, 2.05) is 90.8 Å². The minimum atomic E-state index is -1.15. The lowest BCUT2D eigenvalue weighted by molar-refractivity contribution is -0.139. The molecule has 0 unspecified atom stereocenters. The van der Waals surface area contributed by atoms with E-state index in [4.69, 9.17) is 18.9 Å². The first-order chi connectivity index (χ1) is 18.9. The molecule has 3 aromatic rings. The van der Waals surface area contributed by atoms with Crippen molar-refractivity contribution in [2.24, 2.45) is 0 Å². The van der Waals surface area contributed by atoms with E-state index in [0.717, 1.165) is 16.7 Å². The van der Waals surface area contributed by atoms with E-state index in [1.54, 1.807) is 34.1 Å². The van der Waals surface area contributed by atoms with Gasteiger partial charge in [-0.15, -0.1) is 0 Å². The quantitative estimate of drug-likeness (QED) is 0.347. The largest absolute Gasteiger partial charge is 0.497 e. The fourth-order valence-electron chi connectivity index (χ4n) is 5.10. The van der Waals surface area contributed by atoms with Gasteiger partial charge in [-0.1, -0.05) is 42.5 Å². The van der Waals surface area contributed by atoms with Crippen LogP contribution in [-0.4, -0.2) is 51.3 Å². The van der Waals surface area contributed by atoms with Gasteiger partial charge in [-0.05, 0) is 73.0 Å². The van der Waals surface area contributed by atoms with Gasteiger partial charge in [0.2, 0.25) is 0 Å². The zero-order chi connectivity index (χ0) is 28.0. The molecule has 7 nitrogen and oxygen atoms in total. The monoisotopic (exact) mass is 527 g/mol. The third-order valence-corrected chi connectivity index (χ3v) is 6.83. The lowest BCUT2D eigenvalue weighted by Crippen LogP contribution is -2.50. The van der Waals surface area contributed by atoms with E-state index in [1.165, 1.54) is 0 Å². The molecule has 0 fully saturated rings. The highest BCUT2D eigenvalue weighted by Crippen LogP contribution is 2.50. The number of esters is 2. The molecule has 0 radical (unpaired) electrons. The van der Waals surface area contributed by atoms with Gasteiger partial charge in [0.15, 0.2) is 0 Å². The Hall–Kier alpha value is -4.52. The Morgan fingerprint density at radius 2 is 1.23 bits per heavy atom. The van der Waals surface area contributed by atoms with Crippen molar-refractivity contribution in [3.8, 4) is 11.5 Å². The first-order valence-electron chi connectivity index (χ1n) is 12.8. The van der Waals surface area contributed by atoms with Gasteiger partial charge >= 0.3 is 11.9 Å². The summed E-state index contributed by atoms with van der Waals surface area (Å²) in [6, 6.07) is 24.7. The zero-order valence-corrected chi connectivity index (χ0v) is 22.9. The van der Waals surface area contributed by atoms with Gasteiger partial charge in [-0.25, -0.2) is 9.59 Å². The first-order valence-corrected chi connectivity index (χ1v) is 12.8. The second-order valence-electron chi connectivity index (χ2n) is 8.85. The lowest BCUT2D eigenvalue weighted by Gasteiger charge is -2.48. The number of methoxy groups -OCH3 is 2. The Labute approximate surface area is 229 Å². The van der Waals surface area contributed by atoms with Gasteiger partial charge in [-0.3, -0.25) is 0 Å². The number of carbonyl (C=O) groups excluding carboxylic acids is 2. The number of hydrogen-bond donors (Lipinski definition) is 0. The van der Waals surface area contributed by atoms with Gasteiger partial charge in [0.1, 0.15) is 17.0 Å². The molecule has 1 heterocycles. The van der Waals surface area contributed by atoms with Crippen LogP contribution in [0.3, 0.4) is 0 Å². The first kappa shape index (κ1) is 27.5. The van der Waals surface area contributed by atoms with E-state index in [0.29, 0.717) is 22.8 Å². The van der Waals surface area contributed by atoms with Crippen LogP contribution in [0, 0.1) is 0 Å². The van der Waals surface area contributed by atoms with Crippen LogP contribution >= 0.6 is 0 Å². The highest BCUT2D eigenvalue weighted by molar-refractivity contribution is 6.06. The number of hydrogen-bond acceptors (Lipinski definition) is 7. The lowest BCUT2D eigenvalue weighted by atomic mass is 9.72. The normalized spacial score (nSPS) is 16.8. The minimum Gasteiger partial charge on any atom is -0.497 e. The molecule has 1 aliphatic rings. The van der Waals surface area contributed by atoms with Crippen molar-refractivity contribution in [1.29, 1.82) is 0 Å². The van der Waals surface area contributed by atoms with Gasteiger partial charge in [0, 0.05) is 7.05 Å². The van der Waals surface area contributed by atoms with E-state index in [9.17, 15) is 9.59 Å². The van der Waals surface area contributed by atoms with Crippen LogP contribution in [-0.2, 0) is 24.6 Å². The number of likely N-dealkylation sites (N-methyl/N-ethyl adjacent to an activating group) is 1. The van der Waals surface area contributed by atoms with Gasteiger partial charge in [-0.2, -0.15) is 0 Å². The van der Waals surface area contributed by atoms with Crippen molar-refractivity contribution in [1.82, 2.24) is 4.90 Å². The fraction of sp³-hybridized carbons (Fsp3) is 0.250. The minimum absolute atomic E-state index is 0.178. The average molecular weight is 528 g/mol. The molecule has 0 N–H and O–H groups in total. The highest BCUT2D eigenvalue weighted by Gasteiger charge is 2.50. The van der Waals surface area contributed by atoms with Gasteiger partial charge in [0.25, 0.3) is 0 Å². The molecule has 7 heteroatoms. The molecule has 0 saturated heterocycles. The van der Waals surface area contributed by atoms with Crippen molar-refractivity contribution < 1.29 is 28.5 Å². The Bertz CT molecular complexity index is 1380. The molecule has 1 atom stereocenters. The summed E-state index contributed by atoms with van der Waals surface area (Å²) >= 11 is 0. The van der Waals surface area contributed by atoms with Crippen LogP contribution in [0.25, 0.3) is 5.70 Å². The second-order valence-corrected chi connectivity index (χ2v) is 8.85. The molecule has 3 aromatic carbocycles. The summed E-state index contributed by atoms with van der Waals surface area (Å²) in [5.41, 5.74) is 2.39. The number of ether oxygens (including phenoxy) is 4. The summed E-state index contributed by atoms with van der Waals surface area (Å²) in [5.74, 6) is 0.302. The summed E-state index contributed by atoms with van der Waals surface area (Å²) in [5, 5.41) is 0. The number of benzene rings is 3. The second kappa shape index (κ2) is 11.9. The number of carbonyl (C=O) groups is 2. The molecular formula is C32H33NO6.